The van der Waals surface area contributed by atoms with Gasteiger partial charge in [0.1, 0.15) is 0 Å². The fourth-order valence-electron chi connectivity index (χ4n) is 2.06. The number of carbonyl (C=O) groups is 1. The van der Waals surface area contributed by atoms with E-state index in [0.29, 0.717) is 6.42 Å². The molecule has 92 valence electrons. The van der Waals surface area contributed by atoms with Gasteiger partial charge in [-0.1, -0.05) is 31.9 Å². The van der Waals surface area contributed by atoms with Gasteiger partial charge in [-0.2, -0.15) is 0 Å². The minimum Gasteiger partial charge on any atom is -0.312 e. The van der Waals surface area contributed by atoms with E-state index in [2.05, 4.69) is 19.8 Å². The summed E-state index contributed by atoms with van der Waals surface area (Å²) in [4.78, 5) is 11.7. The zero-order valence-corrected chi connectivity index (χ0v) is 11.1. The van der Waals surface area contributed by atoms with Crippen molar-refractivity contribution in [3.05, 3.63) is 23.3 Å². The fraction of sp³-hybridized carbons (Fsp3) is 0.533. The molecule has 2 heteroatoms. The summed E-state index contributed by atoms with van der Waals surface area (Å²) >= 11 is 0. The zero-order valence-electron chi connectivity index (χ0n) is 11.1. The van der Waals surface area contributed by atoms with Crippen LogP contribution < -0.4 is 5.73 Å². The highest BCUT2D eigenvalue weighted by molar-refractivity contribution is 5.97. The Balaban J connectivity index is 3.14. The van der Waals surface area contributed by atoms with Crippen LogP contribution in [0.1, 0.15) is 40.5 Å². The van der Waals surface area contributed by atoms with Crippen LogP contribution in [0, 0.1) is 17.8 Å². The van der Waals surface area contributed by atoms with Gasteiger partial charge in [-0.15, -0.1) is 6.42 Å². The lowest BCUT2D eigenvalue weighted by atomic mass is 9.72. The van der Waals surface area contributed by atoms with Crippen LogP contribution in [0.15, 0.2) is 23.3 Å². The number of nitrogens with two attached hydrogens (primary N) is 1. The van der Waals surface area contributed by atoms with Gasteiger partial charge in [0.25, 0.3) is 0 Å². The molecule has 0 aromatic rings. The van der Waals surface area contributed by atoms with Crippen LogP contribution in [0.2, 0.25) is 0 Å². The fourth-order valence-corrected chi connectivity index (χ4v) is 2.06. The van der Waals surface area contributed by atoms with Crippen molar-refractivity contribution in [2.45, 2.75) is 46.1 Å². The van der Waals surface area contributed by atoms with E-state index in [1.165, 1.54) is 0 Å². The van der Waals surface area contributed by atoms with Gasteiger partial charge in [0, 0.05) is 6.42 Å². The number of terminal acetylenes is 1. The molecular formula is C15H21NO. The Kier molecular flexibility index (Phi) is 3.64. The predicted molar refractivity (Wildman–Crippen MR) is 71.3 cm³/mol. The zero-order chi connectivity index (χ0) is 13.3. The Hall–Kier alpha value is -1.33. The molecule has 0 bridgehead atoms. The summed E-state index contributed by atoms with van der Waals surface area (Å²) < 4.78 is 0. The molecule has 0 saturated carbocycles. The summed E-state index contributed by atoms with van der Waals surface area (Å²) in [5.41, 5.74) is 7.02. The van der Waals surface area contributed by atoms with E-state index < -0.39 is 5.54 Å². The van der Waals surface area contributed by atoms with E-state index in [-0.39, 0.29) is 11.2 Å². The van der Waals surface area contributed by atoms with Crippen LogP contribution in [-0.2, 0) is 4.79 Å². The molecule has 0 spiro atoms. The third kappa shape index (κ3) is 3.08. The van der Waals surface area contributed by atoms with Crippen molar-refractivity contribution in [1.29, 1.82) is 0 Å². The summed E-state index contributed by atoms with van der Waals surface area (Å²) in [6.45, 7) is 7.95. The minimum atomic E-state index is -0.760. The van der Waals surface area contributed by atoms with Crippen molar-refractivity contribution >= 4 is 5.78 Å². The predicted octanol–water partition coefficient (Wildman–Crippen LogP) is 2.60. The second kappa shape index (κ2) is 4.50. The Labute approximate surface area is 104 Å². The molecule has 0 radical (unpaired) electrons. The molecule has 1 atom stereocenters. The molecule has 2 nitrogen and oxygen atoms in total. The lowest BCUT2D eigenvalue weighted by Crippen LogP contribution is -2.32. The molecule has 0 amide bonds. The average molecular weight is 231 g/mol. The minimum absolute atomic E-state index is 0.0131. The Bertz CT molecular complexity index is 430. The van der Waals surface area contributed by atoms with Gasteiger partial charge < -0.3 is 5.73 Å². The molecule has 1 unspecified atom stereocenters. The molecule has 0 aromatic carbocycles. The van der Waals surface area contributed by atoms with Gasteiger partial charge in [0.15, 0.2) is 5.78 Å². The van der Waals surface area contributed by atoms with Crippen molar-refractivity contribution in [2.75, 3.05) is 0 Å². The highest BCUT2D eigenvalue weighted by atomic mass is 16.1. The first kappa shape index (κ1) is 13.7. The molecule has 2 N–H and O–H groups in total. The van der Waals surface area contributed by atoms with Gasteiger partial charge >= 0.3 is 0 Å². The normalized spacial score (nSPS) is 23.6. The molecule has 0 saturated heterocycles. The number of Topliss-reactive ketones (excluding diaryl/α,β-unsaturated/α-hetero) is 1. The quantitative estimate of drug-likeness (QED) is 0.742. The van der Waals surface area contributed by atoms with Gasteiger partial charge in [-0.25, -0.2) is 0 Å². The maximum absolute atomic E-state index is 11.7. The van der Waals surface area contributed by atoms with Crippen LogP contribution in [0.4, 0.5) is 0 Å². The maximum Gasteiger partial charge on any atom is 0.158 e. The molecular weight excluding hydrogens is 210 g/mol. The highest BCUT2D eigenvalue weighted by Crippen LogP contribution is 2.39. The monoisotopic (exact) mass is 231 g/mol. The number of carbonyl (C=O) groups excluding carboxylic acids is 1. The summed E-state index contributed by atoms with van der Waals surface area (Å²) in [6.07, 6.45) is 10.6. The van der Waals surface area contributed by atoms with E-state index >= 15 is 0 Å². The maximum atomic E-state index is 11.7. The standard InChI is InChI=1S/C15H21NO/c1-6-15(5,16)10-7-12-11(2)13(17)8-9-14(12,3)4/h1,7,10H,8-9,16H2,2-5H3/b10-7+. The Morgan fingerprint density at radius 1 is 1.53 bits per heavy atom. The topological polar surface area (TPSA) is 43.1 Å². The van der Waals surface area contributed by atoms with E-state index in [9.17, 15) is 4.79 Å². The number of hydrogen-bond acceptors (Lipinski definition) is 2. The Morgan fingerprint density at radius 2 is 2.12 bits per heavy atom. The molecule has 0 fully saturated rings. The van der Waals surface area contributed by atoms with Crippen molar-refractivity contribution in [2.24, 2.45) is 11.1 Å². The van der Waals surface area contributed by atoms with Gasteiger partial charge in [-0.3, -0.25) is 4.79 Å². The summed E-state index contributed by atoms with van der Waals surface area (Å²) in [7, 11) is 0. The smallest absolute Gasteiger partial charge is 0.158 e. The highest BCUT2D eigenvalue weighted by Gasteiger charge is 2.30. The lowest BCUT2D eigenvalue weighted by molar-refractivity contribution is -0.116. The van der Waals surface area contributed by atoms with Gasteiger partial charge in [-0.05, 0) is 36.8 Å². The lowest BCUT2D eigenvalue weighted by Gasteiger charge is -2.32. The Morgan fingerprint density at radius 3 is 2.65 bits per heavy atom. The van der Waals surface area contributed by atoms with E-state index in [1.54, 1.807) is 13.0 Å². The van der Waals surface area contributed by atoms with Crippen molar-refractivity contribution < 1.29 is 4.79 Å². The number of rotatable bonds is 2. The van der Waals surface area contributed by atoms with E-state index in [0.717, 1.165) is 17.6 Å². The molecule has 17 heavy (non-hydrogen) atoms. The van der Waals surface area contributed by atoms with E-state index in [1.807, 2.05) is 13.0 Å². The van der Waals surface area contributed by atoms with Gasteiger partial charge in [0.2, 0.25) is 0 Å². The first-order valence-electron chi connectivity index (χ1n) is 5.90. The van der Waals surface area contributed by atoms with Gasteiger partial charge in [0.05, 0.1) is 5.54 Å². The van der Waals surface area contributed by atoms with Crippen LogP contribution in [0.5, 0.6) is 0 Å². The molecule has 0 heterocycles. The van der Waals surface area contributed by atoms with Crippen LogP contribution in [0.25, 0.3) is 0 Å². The summed E-state index contributed by atoms with van der Waals surface area (Å²) in [6, 6.07) is 0. The van der Waals surface area contributed by atoms with Crippen LogP contribution in [-0.4, -0.2) is 11.3 Å². The second-order valence-corrected chi connectivity index (χ2v) is 5.61. The average Bonchev–Trinajstić information content (AvgIpc) is 2.24. The first-order valence-corrected chi connectivity index (χ1v) is 5.90. The third-order valence-corrected chi connectivity index (χ3v) is 3.44. The van der Waals surface area contributed by atoms with Crippen molar-refractivity contribution in [3.8, 4) is 12.3 Å². The second-order valence-electron chi connectivity index (χ2n) is 5.61. The molecule has 1 rings (SSSR count). The third-order valence-electron chi connectivity index (χ3n) is 3.44. The van der Waals surface area contributed by atoms with Crippen LogP contribution in [0.3, 0.4) is 0 Å². The van der Waals surface area contributed by atoms with Crippen molar-refractivity contribution in [1.82, 2.24) is 0 Å². The van der Waals surface area contributed by atoms with Crippen LogP contribution >= 0.6 is 0 Å². The molecule has 1 aliphatic carbocycles. The molecule has 1 aliphatic rings. The molecule has 0 aliphatic heterocycles. The number of allylic oxidation sites excluding steroid dienone is 3. The summed E-state index contributed by atoms with van der Waals surface area (Å²) in [5.74, 6) is 2.74. The largest absolute Gasteiger partial charge is 0.312 e. The van der Waals surface area contributed by atoms with E-state index in [4.69, 9.17) is 12.2 Å². The SMILES string of the molecule is C#CC(C)(N)/C=C/C1=C(C)C(=O)CCC1(C)C. The molecule has 0 aromatic heterocycles. The first-order chi connectivity index (χ1) is 7.69. The number of ketones is 1. The summed E-state index contributed by atoms with van der Waals surface area (Å²) in [5, 5.41) is 0. The number of hydrogen-bond donors (Lipinski definition) is 1. The van der Waals surface area contributed by atoms with Crippen molar-refractivity contribution in [3.63, 3.8) is 0 Å².